The van der Waals surface area contributed by atoms with E-state index in [-0.39, 0.29) is 40.7 Å². The molecule has 0 fully saturated rings. The zero-order valence-corrected chi connectivity index (χ0v) is 20.6. The summed E-state index contributed by atoms with van der Waals surface area (Å²) in [6.45, 7) is 1.70. The first-order valence-electron chi connectivity index (χ1n) is 11.3. The molecule has 37 heavy (non-hydrogen) atoms. The van der Waals surface area contributed by atoms with Crippen LogP contribution in [0.25, 0.3) is 11.3 Å². The van der Waals surface area contributed by atoms with E-state index in [1.807, 2.05) is 36.4 Å². The lowest BCUT2D eigenvalue weighted by Gasteiger charge is -2.28. The van der Waals surface area contributed by atoms with E-state index in [1.165, 1.54) is 18.2 Å². The van der Waals surface area contributed by atoms with Crippen LogP contribution in [-0.2, 0) is 14.3 Å². The van der Waals surface area contributed by atoms with Crippen molar-refractivity contribution in [2.24, 2.45) is 5.73 Å². The number of nitriles is 2. The van der Waals surface area contributed by atoms with Gasteiger partial charge < -0.3 is 15.2 Å². The predicted molar refractivity (Wildman–Crippen MR) is 136 cm³/mol. The Hall–Kier alpha value is -4.60. The van der Waals surface area contributed by atoms with Gasteiger partial charge >= 0.3 is 5.97 Å². The monoisotopic (exact) mass is 512 g/mol. The van der Waals surface area contributed by atoms with Gasteiger partial charge in [0.2, 0.25) is 5.88 Å². The number of pyridine rings is 1. The van der Waals surface area contributed by atoms with Crippen LogP contribution in [0.2, 0.25) is 0 Å². The third kappa shape index (κ3) is 5.32. The highest BCUT2D eigenvalue weighted by Crippen LogP contribution is 2.42. The van der Waals surface area contributed by atoms with Gasteiger partial charge in [0.1, 0.15) is 34.3 Å². The molecule has 3 aromatic rings. The van der Waals surface area contributed by atoms with Crippen molar-refractivity contribution in [1.29, 1.82) is 10.5 Å². The van der Waals surface area contributed by atoms with E-state index in [1.54, 1.807) is 25.1 Å². The first-order chi connectivity index (χ1) is 18.0. The standard InChI is InChI=1S/C28H21FN4O3S/c1-2-35-28(34)25-23(36-26(32)20(15-31)24(25)19-10-6-7-11-21(19)29)16-37-27-18(14-30)12-13-22(33-27)17-8-4-3-5-9-17/h3-13,24H,2,16,32H2,1H3/t24-/m0/s1. The van der Waals surface area contributed by atoms with Crippen LogP contribution in [0.1, 0.15) is 24.0 Å². The summed E-state index contributed by atoms with van der Waals surface area (Å²) in [6, 6.07) is 22.8. The second kappa shape index (κ2) is 11.4. The number of allylic oxidation sites excluding steroid dienone is 1. The van der Waals surface area contributed by atoms with Crippen LogP contribution in [0.5, 0.6) is 0 Å². The van der Waals surface area contributed by atoms with Crippen molar-refractivity contribution < 1.29 is 18.7 Å². The molecule has 0 saturated heterocycles. The number of halogens is 1. The summed E-state index contributed by atoms with van der Waals surface area (Å²) in [5.41, 5.74) is 7.93. The highest BCUT2D eigenvalue weighted by molar-refractivity contribution is 7.99. The van der Waals surface area contributed by atoms with Crippen LogP contribution < -0.4 is 5.73 Å². The molecule has 2 aromatic carbocycles. The van der Waals surface area contributed by atoms with E-state index in [0.29, 0.717) is 16.3 Å². The van der Waals surface area contributed by atoms with Crippen LogP contribution in [0.4, 0.5) is 4.39 Å². The third-order valence-corrected chi connectivity index (χ3v) is 6.59. The number of aromatic nitrogens is 1. The molecule has 184 valence electrons. The lowest BCUT2D eigenvalue weighted by Crippen LogP contribution is -2.27. The largest absolute Gasteiger partial charge is 0.463 e. The van der Waals surface area contributed by atoms with Gasteiger partial charge in [-0.2, -0.15) is 10.5 Å². The van der Waals surface area contributed by atoms with Crippen LogP contribution in [0.15, 0.2) is 94.5 Å². The SMILES string of the molecule is CCOC(=O)C1=C(CSc2nc(-c3ccccc3)ccc2C#N)OC(N)=C(C#N)[C@@H]1c1ccccc1F. The normalized spacial score (nSPS) is 15.0. The second-order valence-electron chi connectivity index (χ2n) is 7.82. The molecule has 1 aliphatic heterocycles. The molecule has 9 heteroatoms. The van der Waals surface area contributed by atoms with E-state index in [0.717, 1.165) is 17.3 Å². The Kier molecular flexibility index (Phi) is 7.87. The summed E-state index contributed by atoms with van der Waals surface area (Å²) in [7, 11) is 0. The molecule has 0 aliphatic carbocycles. The van der Waals surface area contributed by atoms with Crippen LogP contribution in [-0.4, -0.2) is 23.3 Å². The summed E-state index contributed by atoms with van der Waals surface area (Å²) in [4.78, 5) is 17.7. The third-order valence-electron chi connectivity index (χ3n) is 5.60. The maximum Gasteiger partial charge on any atom is 0.338 e. The van der Waals surface area contributed by atoms with Crippen molar-refractivity contribution >= 4 is 17.7 Å². The Balaban J connectivity index is 1.78. The number of benzene rings is 2. The first kappa shape index (κ1) is 25.5. The Bertz CT molecular complexity index is 1490. The summed E-state index contributed by atoms with van der Waals surface area (Å²) >= 11 is 1.16. The van der Waals surface area contributed by atoms with Gasteiger partial charge in [0, 0.05) is 11.1 Å². The average molecular weight is 513 g/mol. The van der Waals surface area contributed by atoms with Gasteiger partial charge in [0.25, 0.3) is 0 Å². The summed E-state index contributed by atoms with van der Waals surface area (Å²) < 4.78 is 25.9. The number of carbonyl (C=O) groups excluding carboxylic acids is 1. The Morgan fingerprint density at radius 1 is 1.11 bits per heavy atom. The first-order valence-corrected chi connectivity index (χ1v) is 12.3. The average Bonchev–Trinajstić information content (AvgIpc) is 2.92. The highest BCUT2D eigenvalue weighted by atomic mass is 32.2. The molecule has 1 aromatic heterocycles. The Morgan fingerprint density at radius 2 is 1.84 bits per heavy atom. The van der Waals surface area contributed by atoms with Gasteiger partial charge in [0.15, 0.2) is 0 Å². The molecule has 7 nitrogen and oxygen atoms in total. The van der Waals surface area contributed by atoms with Gasteiger partial charge in [-0.1, -0.05) is 60.3 Å². The van der Waals surface area contributed by atoms with Gasteiger partial charge in [0.05, 0.1) is 35.1 Å². The summed E-state index contributed by atoms with van der Waals surface area (Å²) in [5.74, 6) is -2.58. The molecule has 0 radical (unpaired) electrons. The fourth-order valence-corrected chi connectivity index (χ4v) is 4.83. The number of ether oxygens (including phenoxy) is 2. The summed E-state index contributed by atoms with van der Waals surface area (Å²) in [5, 5.41) is 19.8. The van der Waals surface area contributed by atoms with Crippen molar-refractivity contribution in [3.63, 3.8) is 0 Å². The van der Waals surface area contributed by atoms with Crippen LogP contribution >= 0.6 is 11.8 Å². The lowest BCUT2D eigenvalue weighted by molar-refractivity contribution is -0.139. The minimum absolute atomic E-state index is 0.0251. The lowest BCUT2D eigenvalue weighted by atomic mass is 9.83. The molecule has 0 saturated carbocycles. The number of hydrogen-bond acceptors (Lipinski definition) is 8. The fraction of sp³-hybridized carbons (Fsp3) is 0.143. The Labute approximate surface area is 217 Å². The molecular formula is C28H21FN4O3S. The zero-order chi connectivity index (χ0) is 26.4. The van der Waals surface area contributed by atoms with Crippen molar-refractivity contribution in [3.8, 4) is 23.4 Å². The van der Waals surface area contributed by atoms with Crippen molar-refractivity contribution in [2.75, 3.05) is 12.4 Å². The highest BCUT2D eigenvalue weighted by Gasteiger charge is 2.39. The summed E-state index contributed by atoms with van der Waals surface area (Å²) in [6.07, 6.45) is 0. The van der Waals surface area contributed by atoms with Gasteiger partial charge in [-0.25, -0.2) is 14.2 Å². The van der Waals surface area contributed by atoms with E-state index in [9.17, 15) is 19.7 Å². The smallest absolute Gasteiger partial charge is 0.338 e. The van der Waals surface area contributed by atoms with E-state index in [2.05, 4.69) is 11.1 Å². The Morgan fingerprint density at radius 3 is 2.51 bits per heavy atom. The maximum absolute atomic E-state index is 14.9. The molecule has 4 rings (SSSR count). The van der Waals surface area contributed by atoms with Gasteiger partial charge in [-0.05, 0) is 25.1 Å². The number of carbonyl (C=O) groups is 1. The number of esters is 1. The fourth-order valence-electron chi connectivity index (χ4n) is 3.92. The van der Waals surface area contributed by atoms with Crippen LogP contribution in [0, 0.1) is 28.5 Å². The predicted octanol–water partition coefficient (Wildman–Crippen LogP) is 5.18. The molecule has 0 bridgehead atoms. The second-order valence-corrected chi connectivity index (χ2v) is 8.78. The number of nitrogens with zero attached hydrogens (tertiary/aromatic N) is 3. The van der Waals surface area contributed by atoms with Crippen molar-refractivity contribution in [3.05, 3.63) is 106 Å². The molecule has 1 aliphatic rings. The van der Waals surface area contributed by atoms with E-state index in [4.69, 9.17) is 15.2 Å². The van der Waals surface area contributed by atoms with Crippen molar-refractivity contribution in [2.45, 2.75) is 17.9 Å². The quantitative estimate of drug-likeness (QED) is 0.340. The number of thioether (sulfide) groups is 1. The van der Waals surface area contributed by atoms with E-state index < -0.39 is 17.7 Å². The molecule has 2 heterocycles. The minimum atomic E-state index is -1.12. The number of hydrogen-bond donors (Lipinski definition) is 1. The van der Waals surface area contributed by atoms with Gasteiger partial charge in [-0.3, -0.25) is 0 Å². The molecule has 0 spiro atoms. The number of rotatable bonds is 7. The zero-order valence-electron chi connectivity index (χ0n) is 19.8. The van der Waals surface area contributed by atoms with Crippen molar-refractivity contribution in [1.82, 2.24) is 4.98 Å². The van der Waals surface area contributed by atoms with E-state index >= 15 is 0 Å². The minimum Gasteiger partial charge on any atom is -0.463 e. The van der Waals surface area contributed by atoms with Crippen LogP contribution in [0.3, 0.4) is 0 Å². The molecular weight excluding hydrogens is 491 g/mol. The molecule has 2 N–H and O–H groups in total. The topological polar surface area (TPSA) is 122 Å². The molecule has 0 unspecified atom stereocenters. The maximum atomic E-state index is 14.9. The number of nitrogens with two attached hydrogens (primary N) is 1. The molecule has 1 atom stereocenters. The van der Waals surface area contributed by atoms with Gasteiger partial charge in [-0.15, -0.1) is 0 Å². The molecule has 0 amide bonds.